The maximum absolute atomic E-state index is 12.9. The second-order valence-electron chi connectivity index (χ2n) is 7.42. The summed E-state index contributed by atoms with van der Waals surface area (Å²) in [5.41, 5.74) is 2.59. The van der Waals surface area contributed by atoms with E-state index in [-0.39, 0.29) is 17.6 Å². The van der Waals surface area contributed by atoms with Crippen molar-refractivity contribution in [3.63, 3.8) is 0 Å². The number of carbonyl (C=O) groups is 2. The molecule has 2 aromatic carbocycles. The van der Waals surface area contributed by atoms with Gasteiger partial charge in [-0.05, 0) is 55.0 Å². The Morgan fingerprint density at radius 2 is 1.62 bits per heavy atom. The zero-order chi connectivity index (χ0) is 20.2. The van der Waals surface area contributed by atoms with Gasteiger partial charge < -0.3 is 14.4 Å². The van der Waals surface area contributed by atoms with Crippen LogP contribution in [0.3, 0.4) is 0 Å². The molecule has 2 heterocycles. The molecular formula is C23H25NO4S. The number of hydrogen-bond donors (Lipinski definition) is 0. The number of thioether (sulfide) groups is 1. The average Bonchev–Trinajstić information content (AvgIpc) is 2.78. The first-order chi connectivity index (χ1) is 14.2. The SMILES string of the molecule is CSCc1ccc(C(=O)N2CCC(C(=O)c3ccc4c(c3)OCCO4)CC2)cc1. The highest BCUT2D eigenvalue weighted by atomic mass is 32.2. The fraction of sp³-hybridized carbons (Fsp3) is 0.391. The lowest BCUT2D eigenvalue weighted by atomic mass is 9.88. The molecule has 5 nitrogen and oxygen atoms in total. The van der Waals surface area contributed by atoms with Crippen LogP contribution in [-0.2, 0) is 5.75 Å². The number of nitrogens with zero attached hydrogens (tertiary/aromatic N) is 1. The summed E-state index contributed by atoms with van der Waals surface area (Å²) >= 11 is 1.76. The number of hydrogen-bond acceptors (Lipinski definition) is 5. The van der Waals surface area contributed by atoms with Crippen LogP contribution in [0.2, 0.25) is 0 Å². The molecule has 152 valence electrons. The lowest BCUT2D eigenvalue weighted by Gasteiger charge is -2.31. The predicted octanol–water partition coefficient (Wildman–Crippen LogP) is 4.06. The standard InChI is InChI=1S/C23H25NO4S/c1-29-15-16-2-4-18(5-3-16)23(26)24-10-8-17(9-11-24)22(25)19-6-7-20-21(14-19)28-13-12-27-20/h2-7,14,17H,8-13,15H2,1H3. The van der Waals surface area contributed by atoms with Crippen LogP contribution >= 0.6 is 11.8 Å². The molecule has 4 rings (SSSR count). The molecule has 1 fully saturated rings. The van der Waals surface area contributed by atoms with Crippen LogP contribution in [-0.4, -0.2) is 49.1 Å². The van der Waals surface area contributed by atoms with Gasteiger partial charge in [-0.2, -0.15) is 11.8 Å². The van der Waals surface area contributed by atoms with Crippen molar-refractivity contribution in [2.24, 2.45) is 5.92 Å². The number of benzene rings is 2. The van der Waals surface area contributed by atoms with Crippen molar-refractivity contribution >= 4 is 23.5 Å². The van der Waals surface area contributed by atoms with E-state index >= 15 is 0 Å². The van der Waals surface area contributed by atoms with Crippen LogP contribution in [0.5, 0.6) is 11.5 Å². The van der Waals surface area contributed by atoms with Gasteiger partial charge >= 0.3 is 0 Å². The summed E-state index contributed by atoms with van der Waals surface area (Å²) < 4.78 is 11.1. The molecule has 0 N–H and O–H groups in total. The molecule has 0 aliphatic carbocycles. The minimum atomic E-state index is -0.0643. The Bertz CT molecular complexity index is 888. The van der Waals surface area contributed by atoms with Gasteiger partial charge in [-0.1, -0.05) is 12.1 Å². The fourth-order valence-corrected chi connectivity index (χ4v) is 4.40. The van der Waals surface area contributed by atoms with E-state index in [1.807, 2.05) is 35.2 Å². The molecule has 0 bridgehead atoms. The second-order valence-corrected chi connectivity index (χ2v) is 8.29. The molecule has 0 radical (unpaired) electrons. The molecule has 0 saturated carbocycles. The number of ether oxygens (including phenoxy) is 2. The highest BCUT2D eigenvalue weighted by Crippen LogP contribution is 2.32. The molecule has 29 heavy (non-hydrogen) atoms. The third-order valence-electron chi connectivity index (χ3n) is 5.49. The van der Waals surface area contributed by atoms with E-state index in [0.29, 0.717) is 61.8 Å². The fourth-order valence-electron chi connectivity index (χ4n) is 3.87. The first kappa shape index (κ1) is 19.8. The van der Waals surface area contributed by atoms with Gasteiger partial charge in [0.2, 0.25) is 0 Å². The smallest absolute Gasteiger partial charge is 0.253 e. The van der Waals surface area contributed by atoms with E-state index in [4.69, 9.17) is 9.47 Å². The van der Waals surface area contributed by atoms with Gasteiger partial charge in [-0.25, -0.2) is 0 Å². The van der Waals surface area contributed by atoms with E-state index in [9.17, 15) is 9.59 Å². The lowest BCUT2D eigenvalue weighted by Crippen LogP contribution is -2.40. The van der Waals surface area contributed by atoms with E-state index in [1.165, 1.54) is 5.56 Å². The molecule has 0 aromatic heterocycles. The van der Waals surface area contributed by atoms with Crippen LogP contribution in [0, 0.1) is 5.92 Å². The van der Waals surface area contributed by atoms with Crippen molar-refractivity contribution < 1.29 is 19.1 Å². The van der Waals surface area contributed by atoms with E-state index in [1.54, 1.807) is 23.9 Å². The largest absolute Gasteiger partial charge is 0.486 e. The van der Waals surface area contributed by atoms with Gasteiger partial charge in [-0.15, -0.1) is 0 Å². The third kappa shape index (κ3) is 4.42. The molecule has 6 heteroatoms. The van der Waals surface area contributed by atoms with Crippen LogP contribution in [0.15, 0.2) is 42.5 Å². The molecule has 0 atom stereocenters. The van der Waals surface area contributed by atoms with Gasteiger partial charge in [0.05, 0.1) is 0 Å². The number of Topliss-reactive ketones (excluding diaryl/α,β-unsaturated/α-hetero) is 1. The third-order valence-corrected chi connectivity index (χ3v) is 6.11. The molecule has 1 saturated heterocycles. The number of rotatable bonds is 5. The summed E-state index contributed by atoms with van der Waals surface area (Å²) in [6.45, 7) is 2.25. The number of likely N-dealkylation sites (tertiary alicyclic amines) is 1. The summed E-state index contributed by atoms with van der Waals surface area (Å²) in [6, 6.07) is 13.2. The number of fused-ring (bicyclic) bond motifs is 1. The Labute approximate surface area is 175 Å². The molecule has 2 aliphatic rings. The lowest BCUT2D eigenvalue weighted by molar-refractivity contribution is 0.0650. The number of carbonyl (C=O) groups excluding carboxylic acids is 2. The van der Waals surface area contributed by atoms with Crippen molar-refractivity contribution in [3.05, 3.63) is 59.2 Å². The first-order valence-electron chi connectivity index (χ1n) is 9.96. The van der Waals surface area contributed by atoms with Crippen molar-refractivity contribution in [2.45, 2.75) is 18.6 Å². The molecule has 0 spiro atoms. The summed E-state index contributed by atoms with van der Waals surface area (Å²) in [5.74, 6) is 2.38. The topological polar surface area (TPSA) is 55.8 Å². The zero-order valence-corrected chi connectivity index (χ0v) is 17.4. The second kappa shape index (κ2) is 8.91. The molecular weight excluding hydrogens is 386 g/mol. The van der Waals surface area contributed by atoms with Gasteiger partial charge in [0, 0.05) is 35.9 Å². The minimum Gasteiger partial charge on any atom is -0.486 e. The summed E-state index contributed by atoms with van der Waals surface area (Å²) in [7, 11) is 0. The Morgan fingerprint density at radius 3 is 2.31 bits per heavy atom. The molecule has 2 aliphatic heterocycles. The van der Waals surface area contributed by atoms with Gasteiger partial charge in [-0.3, -0.25) is 9.59 Å². The van der Waals surface area contributed by atoms with E-state index in [0.717, 1.165) is 5.75 Å². The number of ketones is 1. The van der Waals surface area contributed by atoms with Gasteiger partial charge in [0.25, 0.3) is 5.91 Å². The van der Waals surface area contributed by atoms with Crippen LogP contribution in [0.4, 0.5) is 0 Å². The van der Waals surface area contributed by atoms with Gasteiger partial charge in [0.15, 0.2) is 17.3 Å². The van der Waals surface area contributed by atoms with E-state index < -0.39 is 0 Å². The maximum Gasteiger partial charge on any atom is 0.253 e. The highest BCUT2D eigenvalue weighted by molar-refractivity contribution is 7.97. The van der Waals surface area contributed by atoms with Crippen LogP contribution in [0.1, 0.15) is 39.1 Å². The Balaban J connectivity index is 1.36. The van der Waals surface area contributed by atoms with Crippen molar-refractivity contribution in [1.82, 2.24) is 4.90 Å². The molecule has 0 unspecified atom stereocenters. The average molecular weight is 412 g/mol. The Hall–Kier alpha value is -2.47. The monoisotopic (exact) mass is 411 g/mol. The zero-order valence-electron chi connectivity index (χ0n) is 16.6. The van der Waals surface area contributed by atoms with Gasteiger partial charge in [0.1, 0.15) is 13.2 Å². The summed E-state index contributed by atoms with van der Waals surface area (Å²) in [4.78, 5) is 27.6. The van der Waals surface area contributed by atoms with Crippen molar-refractivity contribution in [1.29, 1.82) is 0 Å². The predicted molar refractivity (Wildman–Crippen MR) is 114 cm³/mol. The van der Waals surface area contributed by atoms with Crippen molar-refractivity contribution in [2.75, 3.05) is 32.6 Å². The molecule has 2 aromatic rings. The quantitative estimate of drug-likeness (QED) is 0.695. The van der Waals surface area contributed by atoms with Crippen molar-refractivity contribution in [3.8, 4) is 11.5 Å². The normalized spacial score (nSPS) is 16.5. The minimum absolute atomic E-state index is 0.0472. The Kier molecular flexibility index (Phi) is 6.09. The Morgan fingerprint density at radius 1 is 0.966 bits per heavy atom. The maximum atomic E-state index is 12.9. The number of amides is 1. The molecule has 1 amide bonds. The van der Waals surface area contributed by atoms with Crippen LogP contribution < -0.4 is 9.47 Å². The number of piperidine rings is 1. The highest BCUT2D eigenvalue weighted by Gasteiger charge is 2.29. The summed E-state index contributed by atoms with van der Waals surface area (Å²) in [6.07, 6.45) is 3.43. The van der Waals surface area contributed by atoms with E-state index in [2.05, 4.69) is 6.26 Å². The summed E-state index contributed by atoms with van der Waals surface area (Å²) in [5, 5.41) is 0. The van der Waals surface area contributed by atoms with Crippen LogP contribution in [0.25, 0.3) is 0 Å². The first-order valence-corrected chi connectivity index (χ1v) is 11.4.